The van der Waals surface area contributed by atoms with Crippen molar-refractivity contribution in [3.8, 4) is 0 Å². The number of Topliss-reactive ketones (excluding diaryl/α,β-unsaturated/α-hetero) is 1. The van der Waals surface area contributed by atoms with Gasteiger partial charge in [0.2, 0.25) is 0 Å². The van der Waals surface area contributed by atoms with Crippen LogP contribution in [0.3, 0.4) is 0 Å². The zero-order chi connectivity index (χ0) is 16.6. The van der Waals surface area contributed by atoms with Gasteiger partial charge in [0.15, 0.2) is 5.78 Å². The molecule has 2 aliphatic heterocycles. The van der Waals surface area contributed by atoms with E-state index >= 15 is 0 Å². The summed E-state index contributed by atoms with van der Waals surface area (Å²) in [6.07, 6.45) is 5.88. The predicted octanol–water partition coefficient (Wildman–Crippen LogP) is -0.769. The third-order valence-corrected chi connectivity index (χ3v) is 6.40. The Morgan fingerprint density at radius 3 is 2.52 bits per heavy atom. The Morgan fingerprint density at radius 2 is 1.87 bits per heavy atom. The lowest BCUT2D eigenvalue weighted by molar-refractivity contribution is -1.07. The molecule has 3 fully saturated rings. The molecule has 2 heterocycles. The van der Waals surface area contributed by atoms with Crippen molar-refractivity contribution < 1.29 is 20.1 Å². The molecule has 0 aromatic rings. The summed E-state index contributed by atoms with van der Waals surface area (Å²) in [4.78, 5) is 16.8. The third kappa shape index (κ3) is 3.77. The van der Waals surface area contributed by atoms with Crippen LogP contribution in [0.1, 0.15) is 52.4 Å². The summed E-state index contributed by atoms with van der Waals surface area (Å²) in [7, 11) is 0. The van der Waals surface area contributed by atoms with Gasteiger partial charge in [0.05, 0.1) is 12.6 Å². The van der Waals surface area contributed by atoms with E-state index in [9.17, 15) is 10.0 Å². The van der Waals surface area contributed by atoms with Crippen LogP contribution in [-0.2, 0) is 4.79 Å². The first kappa shape index (κ1) is 17.3. The van der Waals surface area contributed by atoms with Crippen LogP contribution in [0, 0.1) is 17.0 Å². The van der Waals surface area contributed by atoms with Gasteiger partial charge in [-0.05, 0) is 32.1 Å². The molecule has 0 aromatic carbocycles. The number of piperidine rings is 1. The highest BCUT2D eigenvalue weighted by Crippen LogP contribution is 2.24. The third-order valence-electron chi connectivity index (χ3n) is 6.40. The van der Waals surface area contributed by atoms with Gasteiger partial charge in [0, 0.05) is 31.7 Å². The van der Waals surface area contributed by atoms with Gasteiger partial charge in [-0.2, -0.15) is 0 Å². The van der Waals surface area contributed by atoms with Gasteiger partial charge in [0.25, 0.3) is 0 Å². The molecule has 5 atom stereocenters. The second-order valence-corrected chi connectivity index (χ2v) is 8.16. The van der Waals surface area contributed by atoms with E-state index in [1.165, 1.54) is 24.3 Å². The molecular formula is C17H32N3O3+. The summed E-state index contributed by atoms with van der Waals surface area (Å²) in [6, 6.07) is 0.303. The molecule has 2 saturated heterocycles. The van der Waals surface area contributed by atoms with Crippen LogP contribution >= 0.6 is 0 Å². The molecule has 5 unspecified atom stereocenters. The fourth-order valence-electron chi connectivity index (χ4n) is 4.96. The van der Waals surface area contributed by atoms with Crippen LogP contribution in [0.5, 0.6) is 0 Å². The molecule has 1 saturated carbocycles. The lowest BCUT2D eigenvalue weighted by Gasteiger charge is -2.35. The molecule has 23 heavy (non-hydrogen) atoms. The van der Waals surface area contributed by atoms with Crippen molar-refractivity contribution in [3.05, 3.63) is 5.21 Å². The summed E-state index contributed by atoms with van der Waals surface area (Å²) in [5.41, 5.74) is 0. The van der Waals surface area contributed by atoms with Crippen molar-refractivity contribution in [1.82, 2.24) is 4.90 Å². The number of quaternary nitrogens is 2. The van der Waals surface area contributed by atoms with Crippen molar-refractivity contribution in [3.63, 3.8) is 0 Å². The summed E-state index contributed by atoms with van der Waals surface area (Å²) in [6.45, 7) is 7.52. The molecule has 3 N–H and O–H groups in total. The lowest BCUT2D eigenvalue weighted by Crippen LogP contribution is -3.18. The van der Waals surface area contributed by atoms with E-state index in [0.29, 0.717) is 37.4 Å². The molecule has 1 aliphatic carbocycles. The first-order chi connectivity index (χ1) is 11.0. The highest BCUT2D eigenvalue weighted by Gasteiger charge is 2.45. The van der Waals surface area contributed by atoms with Crippen LogP contribution < -0.4 is 10.1 Å². The minimum Gasteiger partial charge on any atom is -0.600 e. The average molecular weight is 326 g/mol. The topological polar surface area (TPSA) is 72.5 Å². The minimum atomic E-state index is -0.693. The SMILES string of the molecule is CC1CCC2N(C1)CC(C)[NH+]2CC(=O)C1CCC([NH+]([O-])O)CC1. The summed E-state index contributed by atoms with van der Waals surface area (Å²) >= 11 is 0. The highest BCUT2D eigenvalue weighted by atomic mass is 16.8. The van der Waals surface area contributed by atoms with Crippen LogP contribution in [0.4, 0.5) is 0 Å². The van der Waals surface area contributed by atoms with Crippen molar-refractivity contribution in [2.75, 3.05) is 19.6 Å². The quantitative estimate of drug-likeness (QED) is 0.594. The number of nitrogens with zero attached hydrogens (tertiary/aromatic N) is 1. The Kier molecular flexibility index (Phi) is 5.38. The molecule has 3 rings (SSSR count). The molecular weight excluding hydrogens is 294 g/mol. The first-order valence-electron chi connectivity index (χ1n) is 9.31. The largest absolute Gasteiger partial charge is 0.600 e. The fourth-order valence-corrected chi connectivity index (χ4v) is 4.96. The lowest BCUT2D eigenvalue weighted by atomic mass is 9.83. The zero-order valence-electron chi connectivity index (χ0n) is 14.5. The Hall–Kier alpha value is -0.530. The summed E-state index contributed by atoms with van der Waals surface area (Å²) < 4.78 is 0. The fraction of sp³-hybridized carbons (Fsp3) is 0.941. The zero-order valence-corrected chi connectivity index (χ0v) is 14.5. The number of hydrogen-bond acceptors (Lipinski definition) is 4. The van der Waals surface area contributed by atoms with Crippen LogP contribution in [0.15, 0.2) is 0 Å². The van der Waals surface area contributed by atoms with Gasteiger partial charge >= 0.3 is 0 Å². The smallest absolute Gasteiger partial charge is 0.189 e. The van der Waals surface area contributed by atoms with Gasteiger partial charge < -0.3 is 10.1 Å². The maximum Gasteiger partial charge on any atom is 0.189 e. The van der Waals surface area contributed by atoms with E-state index in [1.54, 1.807) is 0 Å². The number of hydrogen-bond donors (Lipinski definition) is 3. The van der Waals surface area contributed by atoms with E-state index in [0.717, 1.165) is 25.3 Å². The van der Waals surface area contributed by atoms with E-state index < -0.39 is 5.23 Å². The average Bonchev–Trinajstić information content (AvgIpc) is 2.82. The molecule has 132 valence electrons. The number of carbonyl (C=O) groups excluding carboxylic acids is 1. The van der Waals surface area contributed by atoms with E-state index in [-0.39, 0.29) is 12.0 Å². The van der Waals surface area contributed by atoms with Crippen LogP contribution in [0.2, 0.25) is 0 Å². The van der Waals surface area contributed by atoms with Crippen LogP contribution in [-0.4, -0.2) is 53.8 Å². The molecule has 0 aromatic heterocycles. The molecule has 0 spiro atoms. The second kappa shape index (κ2) is 7.15. The Morgan fingerprint density at radius 1 is 1.17 bits per heavy atom. The maximum absolute atomic E-state index is 12.7. The number of rotatable bonds is 4. The van der Waals surface area contributed by atoms with Gasteiger partial charge in [-0.15, -0.1) is 0 Å². The molecule has 6 nitrogen and oxygen atoms in total. The normalized spacial score (nSPS) is 43.1. The number of hydroxylamine groups is 2. The van der Waals surface area contributed by atoms with Crippen molar-refractivity contribution >= 4 is 5.78 Å². The van der Waals surface area contributed by atoms with E-state index in [4.69, 9.17) is 5.21 Å². The van der Waals surface area contributed by atoms with Crippen LogP contribution in [0.25, 0.3) is 0 Å². The maximum atomic E-state index is 12.7. The molecule has 0 radical (unpaired) electrons. The van der Waals surface area contributed by atoms with E-state index in [1.807, 2.05) is 0 Å². The van der Waals surface area contributed by atoms with Gasteiger partial charge in [0.1, 0.15) is 18.8 Å². The van der Waals surface area contributed by atoms with Crippen molar-refractivity contribution in [1.29, 1.82) is 0 Å². The predicted molar refractivity (Wildman–Crippen MR) is 85.9 cm³/mol. The first-order valence-corrected chi connectivity index (χ1v) is 9.31. The second-order valence-electron chi connectivity index (χ2n) is 8.16. The Labute approximate surface area is 138 Å². The number of fused-ring (bicyclic) bond motifs is 1. The molecule has 0 amide bonds. The van der Waals surface area contributed by atoms with Gasteiger partial charge in [-0.3, -0.25) is 4.79 Å². The number of nitrogens with one attached hydrogen (secondary N) is 2. The Balaban J connectivity index is 1.54. The molecule has 0 bridgehead atoms. The Bertz CT molecular complexity index is 423. The highest BCUT2D eigenvalue weighted by molar-refractivity contribution is 5.82. The van der Waals surface area contributed by atoms with Gasteiger partial charge in [-0.1, -0.05) is 6.92 Å². The standard InChI is InChI=1S/C17H31N3O3/c1-12-3-8-17-18(9-12)10-13(2)19(17)11-16(21)14-4-6-15(7-5-14)20(22)23/h12-15,17,20,22H,3-11H2,1-2H3/p+1. The van der Waals surface area contributed by atoms with Crippen molar-refractivity contribution in [2.24, 2.45) is 11.8 Å². The summed E-state index contributed by atoms with van der Waals surface area (Å²) in [5, 5.41) is 19.4. The van der Waals surface area contributed by atoms with E-state index in [2.05, 4.69) is 18.7 Å². The number of carbonyl (C=O) groups is 1. The molecule has 3 aliphatic rings. The van der Waals surface area contributed by atoms with Crippen molar-refractivity contribution in [2.45, 2.75) is 70.6 Å². The minimum absolute atomic E-state index is 0.0989. The molecule has 6 heteroatoms. The number of ketones is 1. The summed E-state index contributed by atoms with van der Waals surface area (Å²) in [5.74, 6) is 1.25. The monoisotopic (exact) mass is 326 g/mol. The van der Waals surface area contributed by atoms with Gasteiger partial charge in [-0.25, -0.2) is 15.3 Å².